The van der Waals surface area contributed by atoms with Crippen LogP contribution in [0.25, 0.3) is 0 Å². The number of aliphatic imine (C=N–C) groups is 1. The van der Waals surface area contributed by atoms with Gasteiger partial charge in [-0.1, -0.05) is 19.1 Å². The molecule has 1 saturated heterocycles. The van der Waals surface area contributed by atoms with Crippen LogP contribution in [0.15, 0.2) is 29.3 Å². The maximum absolute atomic E-state index is 11.7. The molecule has 8 heteroatoms. The Balaban J connectivity index is 1.86. The Kier molecular flexibility index (Phi) is 10.1. The van der Waals surface area contributed by atoms with Crippen molar-refractivity contribution >= 4 is 17.6 Å². The first-order valence-electron chi connectivity index (χ1n) is 10.9. The van der Waals surface area contributed by atoms with Gasteiger partial charge < -0.3 is 25.8 Å². The molecule has 1 amide bonds. The van der Waals surface area contributed by atoms with Crippen LogP contribution in [0.2, 0.25) is 0 Å². The molecule has 30 heavy (non-hydrogen) atoms. The molecular weight excluding hydrogens is 382 g/mol. The molecule has 8 nitrogen and oxygen atoms in total. The maximum Gasteiger partial charge on any atom is 0.224 e. The van der Waals surface area contributed by atoms with Gasteiger partial charge in [0.15, 0.2) is 5.96 Å². The van der Waals surface area contributed by atoms with E-state index in [9.17, 15) is 9.90 Å². The zero-order valence-corrected chi connectivity index (χ0v) is 18.5. The molecule has 1 aromatic rings. The van der Waals surface area contributed by atoms with E-state index in [1.807, 2.05) is 45.0 Å². The number of nitrogens with zero attached hydrogens (tertiary/aromatic N) is 2. The number of aliphatic hydroxyl groups is 1. The van der Waals surface area contributed by atoms with Gasteiger partial charge in [-0.3, -0.25) is 9.69 Å². The minimum Gasteiger partial charge on any atom is -0.387 e. The lowest BCUT2D eigenvalue weighted by molar-refractivity contribution is -0.116. The highest BCUT2D eigenvalue weighted by atomic mass is 16.5. The van der Waals surface area contributed by atoms with Crippen LogP contribution in [-0.4, -0.2) is 73.4 Å². The highest BCUT2D eigenvalue weighted by molar-refractivity contribution is 5.90. The number of ether oxygens (including phenoxy) is 1. The number of benzene rings is 1. The van der Waals surface area contributed by atoms with Gasteiger partial charge >= 0.3 is 0 Å². The van der Waals surface area contributed by atoms with E-state index in [-0.39, 0.29) is 5.91 Å². The van der Waals surface area contributed by atoms with Crippen LogP contribution in [0, 0.1) is 0 Å². The number of rotatable bonds is 10. The van der Waals surface area contributed by atoms with E-state index in [4.69, 9.17) is 4.74 Å². The highest BCUT2D eigenvalue weighted by Crippen LogP contribution is 2.11. The van der Waals surface area contributed by atoms with Crippen LogP contribution in [0.5, 0.6) is 0 Å². The molecule has 1 aliphatic rings. The number of amides is 1. The number of nitrogens with one attached hydrogen (secondary N) is 3. The fraction of sp³-hybridized carbons (Fsp3) is 0.636. The van der Waals surface area contributed by atoms with Crippen molar-refractivity contribution < 1.29 is 14.6 Å². The number of hydrogen-bond acceptors (Lipinski definition) is 5. The maximum atomic E-state index is 11.7. The molecule has 1 fully saturated rings. The third-order valence-corrected chi connectivity index (χ3v) is 4.78. The van der Waals surface area contributed by atoms with Gasteiger partial charge in [-0.2, -0.15) is 0 Å². The average Bonchev–Trinajstić information content (AvgIpc) is 2.72. The van der Waals surface area contributed by atoms with Crippen LogP contribution in [-0.2, 0) is 16.1 Å². The number of morpholine rings is 1. The largest absolute Gasteiger partial charge is 0.387 e. The summed E-state index contributed by atoms with van der Waals surface area (Å²) in [6, 6.07) is 7.71. The lowest BCUT2D eigenvalue weighted by atomic mass is 10.1. The first kappa shape index (κ1) is 24.1. The summed E-state index contributed by atoms with van der Waals surface area (Å²) in [5.74, 6) is 0.700. The summed E-state index contributed by atoms with van der Waals surface area (Å²) < 4.78 is 5.37. The van der Waals surface area contributed by atoms with Crippen molar-refractivity contribution in [1.29, 1.82) is 0 Å². The molecule has 1 atom stereocenters. The van der Waals surface area contributed by atoms with Gasteiger partial charge in [0.25, 0.3) is 0 Å². The molecule has 1 unspecified atom stereocenters. The Morgan fingerprint density at radius 1 is 1.20 bits per heavy atom. The molecule has 4 N–H and O–H groups in total. The van der Waals surface area contributed by atoms with Crippen molar-refractivity contribution in [2.24, 2.45) is 4.99 Å². The molecular formula is C22H37N5O3. The molecule has 168 valence electrons. The van der Waals surface area contributed by atoms with Crippen LogP contribution in [0.4, 0.5) is 5.69 Å². The van der Waals surface area contributed by atoms with E-state index < -0.39 is 5.60 Å². The summed E-state index contributed by atoms with van der Waals surface area (Å²) in [5, 5.41) is 20.1. The van der Waals surface area contributed by atoms with E-state index in [1.165, 1.54) is 0 Å². The smallest absolute Gasteiger partial charge is 0.224 e. The number of carbonyl (C=O) groups excluding carboxylic acids is 1. The summed E-state index contributed by atoms with van der Waals surface area (Å²) in [4.78, 5) is 18.5. The highest BCUT2D eigenvalue weighted by Gasteiger charge is 2.25. The van der Waals surface area contributed by atoms with Crippen LogP contribution < -0.4 is 16.0 Å². The van der Waals surface area contributed by atoms with Crippen molar-refractivity contribution in [1.82, 2.24) is 15.5 Å². The summed E-state index contributed by atoms with van der Waals surface area (Å²) in [5.41, 5.74) is 0.970. The molecule has 0 saturated carbocycles. The standard InChI is InChI=1S/C22H37N5O3/c1-4-6-20(28)26-19-9-7-18(8-10-19)15-24-21(23-5-2)25-16-22(3,29)17-27-11-13-30-14-12-27/h7-10,29H,4-6,11-17H2,1-3H3,(H,26,28)(H2,23,24,25). The molecule has 0 radical (unpaired) electrons. The first-order valence-corrected chi connectivity index (χ1v) is 10.9. The van der Waals surface area contributed by atoms with Gasteiger partial charge in [0.05, 0.1) is 25.4 Å². The topological polar surface area (TPSA) is 98.2 Å². The summed E-state index contributed by atoms with van der Waals surface area (Å²) in [7, 11) is 0. The van der Waals surface area contributed by atoms with Crippen molar-refractivity contribution in [3.05, 3.63) is 29.8 Å². The minimum absolute atomic E-state index is 0.0334. The Morgan fingerprint density at radius 2 is 1.90 bits per heavy atom. The van der Waals surface area contributed by atoms with Gasteiger partial charge in [0.2, 0.25) is 5.91 Å². The molecule has 0 aliphatic carbocycles. The molecule has 1 aliphatic heterocycles. The number of β-amino-alcohol motifs (C(OH)–C–C–N with tert-alkyl or cyclic N) is 1. The molecule has 0 spiro atoms. The van der Waals surface area contributed by atoms with Gasteiger partial charge in [-0.15, -0.1) is 0 Å². The van der Waals surface area contributed by atoms with Gasteiger partial charge in [0, 0.05) is 44.8 Å². The number of anilines is 1. The third kappa shape index (κ3) is 9.11. The summed E-state index contributed by atoms with van der Waals surface area (Å²) in [6.45, 7) is 11.2. The monoisotopic (exact) mass is 419 g/mol. The fourth-order valence-electron chi connectivity index (χ4n) is 3.23. The predicted octanol–water partition coefficient (Wildman–Crippen LogP) is 1.56. The number of guanidine groups is 1. The number of carbonyl (C=O) groups is 1. The Bertz CT molecular complexity index is 670. The SMILES string of the molecule is CCCC(=O)Nc1ccc(CN=C(NCC)NCC(C)(O)CN2CCOCC2)cc1. The number of hydrogen-bond donors (Lipinski definition) is 4. The van der Waals surface area contributed by atoms with Crippen LogP contribution >= 0.6 is 0 Å². The quantitative estimate of drug-likeness (QED) is 0.339. The normalized spacial score (nSPS) is 17.3. The zero-order chi connectivity index (χ0) is 21.8. The molecule has 1 aromatic carbocycles. The third-order valence-electron chi connectivity index (χ3n) is 4.78. The zero-order valence-electron chi connectivity index (χ0n) is 18.5. The van der Waals surface area contributed by atoms with Gasteiger partial charge in [-0.25, -0.2) is 4.99 Å². The second kappa shape index (κ2) is 12.5. The van der Waals surface area contributed by atoms with E-state index in [0.29, 0.717) is 45.2 Å². The van der Waals surface area contributed by atoms with Crippen molar-refractivity contribution in [3.63, 3.8) is 0 Å². The molecule has 1 heterocycles. The molecule has 0 bridgehead atoms. The van der Waals surface area contributed by atoms with E-state index in [0.717, 1.165) is 37.3 Å². The van der Waals surface area contributed by atoms with Crippen molar-refractivity contribution in [2.75, 3.05) is 51.3 Å². The van der Waals surface area contributed by atoms with E-state index >= 15 is 0 Å². The van der Waals surface area contributed by atoms with Crippen molar-refractivity contribution in [2.45, 2.75) is 45.8 Å². The Labute approximate surface area is 180 Å². The van der Waals surface area contributed by atoms with E-state index in [2.05, 4.69) is 25.8 Å². The van der Waals surface area contributed by atoms with Gasteiger partial charge in [-0.05, 0) is 38.0 Å². The second-order valence-corrected chi connectivity index (χ2v) is 7.93. The summed E-state index contributed by atoms with van der Waals surface area (Å²) >= 11 is 0. The van der Waals surface area contributed by atoms with Gasteiger partial charge in [0.1, 0.15) is 0 Å². The van der Waals surface area contributed by atoms with Crippen LogP contribution in [0.3, 0.4) is 0 Å². The average molecular weight is 420 g/mol. The summed E-state index contributed by atoms with van der Waals surface area (Å²) in [6.07, 6.45) is 1.36. The Hall–Kier alpha value is -2.16. The molecule has 0 aromatic heterocycles. The fourth-order valence-corrected chi connectivity index (χ4v) is 3.23. The minimum atomic E-state index is -0.869. The first-order chi connectivity index (χ1) is 14.4. The lowest BCUT2D eigenvalue weighted by Gasteiger charge is -2.34. The second-order valence-electron chi connectivity index (χ2n) is 7.93. The van der Waals surface area contributed by atoms with Crippen molar-refractivity contribution in [3.8, 4) is 0 Å². The van der Waals surface area contributed by atoms with E-state index in [1.54, 1.807) is 0 Å². The molecule has 2 rings (SSSR count). The van der Waals surface area contributed by atoms with Crippen LogP contribution in [0.1, 0.15) is 39.2 Å². The Morgan fingerprint density at radius 3 is 2.53 bits per heavy atom. The lowest BCUT2D eigenvalue weighted by Crippen LogP contribution is -2.52. The predicted molar refractivity (Wildman–Crippen MR) is 121 cm³/mol.